The Morgan fingerprint density at radius 2 is 1.53 bits per heavy atom. The van der Waals surface area contributed by atoms with Gasteiger partial charge in [0.25, 0.3) is 0 Å². The molecule has 1 aliphatic carbocycles. The molecule has 4 nitrogen and oxygen atoms in total. The van der Waals surface area contributed by atoms with Crippen LogP contribution in [0.4, 0.5) is 4.79 Å². The van der Waals surface area contributed by atoms with E-state index in [1.165, 1.54) is 22.3 Å². The van der Waals surface area contributed by atoms with Crippen LogP contribution in [0.1, 0.15) is 24.0 Å². The molecule has 0 unspecified atom stereocenters. The third kappa shape index (κ3) is 4.33. The molecule has 0 heterocycles. The molecule has 0 bridgehead atoms. The second-order valence-corrected chi connectivity index (χ2v) is 9.92. The normalized spacial score (nSPS) is 14.3. The molecule has 0 saturated heterocycles. The third-order valence-corrected chi connectivity index (χ3v) is 8.13. The van der Waals surface area contributed by atoms with Crippen molar-refractivity contribution in [3.63, 3.8) is 0 Å². The van der Waals surface area contributed by atoms with Crippen LogP contribution in [-0.2, 0) is 9.53 Å². The van der Waals surface area contributed by atoms with Crippen molar-refractivity contribution < 1.29 is 14.3 Å². The van der Waals surface area contributed by atoms with Crippen LogP contribution in [0.25, 0.3) is 11.1 Å². The summed E-state index contributed by atoms with van der Waals surface area (Å²) in [5.74, 6) is 0.0221. The third-order valence-electron chi connectivity index (χ3n) is 5.33. The van der Waals surface area contributed by atoms with Crippen LogP contribution in [0.15, 0.2) is 78.9 Å². The molecule has 3 aromatic carbocycles. The number of aldehydes is 1. The number of alkyl carbamates (subject to hydrolysis) is 1. The quantitative estimate of drug-likeness (QED) is 0.426. The van der Waals surface area contributed by atoms with Crippen LogP contribution in [-0.4, -0.2) is 40.0 Å². The molecule has 1 amide bonds. The van der Waals surface area contributed by atoms with E-state index in [9.17, 15) is 9.59 Å². The van der Waals surface area contributed by atoms with E-state index in [4.69, 9.17) is 4.74 Å². The molecule has 0 aromatic heterocycles. The Bertz CT molecular complexity index is 992. The van der Waals surface area contributed by atoms with Crippen LogP contribution in [0.5, 0.6) is 0 Å². The van der Waals surface area contributed by atoms with E-state index >= 15 is 0 Å². The molecular weight excluding hydrogens is 441 g/mol. The second kappa shape index (κ2) is 9.29. The molecule has 0 aliphatic heterocycles. The Hall–Kier alpha value is -2.88. The Morgan fingerprint density at radius 3 is 2.13 bits per heavy atom. The summed E-state index contributed by atoms with van der Waals surface area (Å²) >= 11 is -0.0565. The van der Waals surface area contributed by atoms with Crippen molar-refractivity contribution in [2.45, 2.75) is 23.7 Å². The first-order chi connectivity index (χ1) is 14.7. The van der Waals surface area contributed by atoms with Crippen molar-refractivity contribution in [2.75, 3.05) is 6.61 Å². The molecule has 0 radical (unpaired) electrons. The van der Waals surface area contributed by atoms with Crippen molar-refractivity contribution in [3.8, 4) is 11.1 Å². The number of hydrogen-bond donors (Lipinski definition) is 1. The predicted molar refractivity (Wildman–Crippen MR) is 119 cm³/mol. The molecule has 3 aromatic rings. The molecule has 5 heteroatoms. The van der Waals surface area contributed by atoms with E-state index in [2.05, 4.69) is 29.6 Å². The predicted octanol–water partition coefficient (Wildman–Crippen LogP) is 3.93. The van der Waals surface area contributed by atoms with Gasteiger partial charge in [-0.1, -0.05) is 0 Å². The van der Waals surface area contributed by atoms with Gasteiger partial charge in [-0.05, 0) is 0 Å². The molecule has 0 fully saturated rings. The number of fused-ring (bicyclic) bond motifs is 3. The van der Waals surface area contributed by atoms with E-state index in [0.29, 0.717) is 0 Å². The number of nitrogens with one attached hydrogen (secondary N) is 1. The average Bonchev–Trinajstić information content (AvgIpc) is 3.10. The SMILES string of the molecule is C[C@H](NC(=O)OCC1c2ccccc2-c2ccccc21)[C@@H](C=O)[Se]c1ccccc1. The number of carbonyl (C=O) groups is 2. The Morgan fingerprint density at radius 1 is 0.967 bits per heavy atom. The monoisotopic (exact) mass is 465 g/mol. The van der Waals surface area contributed by atoms with Gasteiger partial charge in [0.2, 0.25) is 0 Å². The molecular formula is C25H23NO3Se. The summed E-state index contributed by atoms with van der Waals surface area (Å²) in [6.45, 7) is 2.12. The van der Waals surface area contributed by atoms with Gasteiger partial charge in [0.15, 0.2) is 0 Å². The van der Waals surface area contributed by atoms with Crippen LogP contribution < -0.4 is 9.78 Å². The fourth-order valence-electron chi connectivity index (χ4n) is 3.81. The van der Waals surface area contributed by atoms with Gasteiger partial charge in [-0.3, -0.25) is 0 Å². The van der Waals surface area contributed by atoms with Crippen molar-refractivity contribution in [3.05, 3.63) is 90.0 Å². The van der Waals surface area contributed by atoms with Gasteiger partial charge >= 0.3 is 183 Å². The number of amides is 1. The van der Waals surface area contributed by atoms with E-state index in [0.717, 1.165) is 10.7 Å². The van der Waals surface area contributed by atoms with E-state index < -0.39 is 6.09 Å². The topological polar surface area (TPSA) is 55.4 Å². The minimum absolute atomic E-state index is 0.0221. The minimum atomic E-state index is -0.486. The van der Waals surface area contributed by atoms with Gasteiger partial charge in [-0.25, -0.2) is 0 Å². The second-order valence-electron chi connectivity index (χ2n) is 7.29. The number of ether oxygens (including phenoxy) is 1. The summed E-state index contributed by atoms with van der Waals surface area (Å²) in [4.78, 5) is 23.8. The summed E-state index contributed by atoms with van der Waals surface area (Å²) in [5, 5.41) is 2.85. The molecule has 0 spiro atoms. The Kier molecular flexibility index (Phi) is 6.32. The van der Waals surface area contributed by atoms with E-state index in [1.807, 2.05) is 61.5 Å². The van der Waals surface area contributed by atoms with Gasteiger partial charge in [-0.2, -0.15) is 0 Å². The van der Waals surface area contributed by atoms with Gasteiger partial charge in [0.05, 0.1) is 0 Å². The average molecular weight is 464 g/mol. The zero-order chi connectivity index (χ0) is 20.9. The summed E-state index contributed by atoms with van der Waals surface area (Å²) in [5.41, 5.74) is 4.75. The van der Waals surface area contributed by atoms with E-state index in [-0.39, 0.29) is 38.3 Å². The maximum atomic E-state index is 12.5. The molecule has 1 aliphatic rings. The number of benzene rings is 3. The first-order valence-electron chi connectivity index (χ1n) is 9.96. The molecule has 152 valence electrons. The Labute approximate surface area is 182 Å². The zero-order valence-electron chi connectivity index (χ0n) is 16.7. The summed E-state index contributed by atoms with van der Waals surface area (Å²) < 4.78 is 6.72. The van der Waals surface area contributed by atoms with Crippen molar-refractivity contribution >= 4 is 31.8 Å². The van der Waals surface area contributed by atoms with Crippen LogP contribution in [0.2, 0.25) is 4.82 Å². The molecule has 2 atom stereocenters. The summed E-state index contributed by atoms with van der Waals surface area (Å²) in [6, 6.07) is 26.1. The van der Waals surface area contributed by atoms with Gasteiger partial charge < -0.3 is 0 Å². The van der Waals surface area contributed by atoms with E-state index in [1.54, 1.807) is 0 Å². The van der Waals surface area contributed by atoms with Gasteiger partial charge in [0, 0.05) is 0 Å². The number of hydrogen-bond acceptors (Lipinski definition) is 3. The molecule has 1 N–H and O–H groups in total. The van der Waals surface area contributed by atoms with Crippen LogP contribution in [0.3, 0.4) is 0 Å². The van der Waals surface area contributed by atoms with Gasteiger partial charge in [0.1, 0.15) is 0 Å². The first kappa shape index (κ1) is 20.4. The van der Waals surface area contributed by atoms with Crippen LogP contribution >= 0.6 is 0 Å². The fraction of sp³-hybridized carbons (Fsp3) is 0.200. The van der Waals surface area contributed by atoms with Crippen molar-refractivity contribution in [2.24, 2.45) is 0 Å². The van der Waals surface area contributed by atoms with Crippen molar-refractivity contribution in [1.82, 2.24) is 5.32 Å². The Balaban J connectivity index is 1.38. The summed E-state index contributed by atoms with van der Waals surface area (Å²) in [7, 11) is 0. The number of carbonyl (C=O) groups excluding carboxylic acids is 2. The molecule has 30 heavy (non-hydrogen) atoms. The van der Waals surface area contributed by atoms with Gasteiger partial charge in [-0.15, -0.1) is 0 Å². The van der Waals surface area contributed by atoms with Crippen LogP contribution in [0, 0.1) is 0 Å². The first-order valence-corrected chi connectivity index (χ1v) is 11.8. The maximum absolute atomic E-state index is 12.5. The molecule has 0 saturated carbocycles. The van der Waals surface area contributed by atoms with Crippen molar-refractivity contribution in [1.29, 1.82) is 0 Å². The number of rotatable bonds is 7. The zero-order valence-corrected chi connectivity index (χ0v) is 18.4. The fourth-order valence-corrected chi connectivity index (χ4v) is 5.82. The molecule has 4 rings (SSSR count). The standard InChI is InChI=1S/C25H23NO3Se/c1-17(24(15-27)30-18-9-3-2-4-10-18)26-25(28)29-16-23-21-13-7-5-11-19(21)20-12-6-8-14-22(20)23/h2-15,17,23-24H,16H2,1H3,(H,26,28)/t17-,24+/m0/s1. The summed E-state index contributed by atoms with van der Waals surface area (Å²) in [6.07, 6.45) is 0.446.